The van der Waals surface area contributed by atoms with Crippen LogP contribution in [0.5, 0.6) is 0 Å². The molecule has 0 aliphatic rings. The zero-order chi connectivity index (χ0) is 23.5. The SMILES string of the molecule is CCCC(Cc1ccccc1Cl)C(CC/C=C/C(Cl)C(Cl)C(=O)O)Cc1ccccc1Cl. The maximum atomic E-state index is 11.0. The molecule has 174 valence electrons. The number of carboxylic acid groups (broad SMARTS) is 1. The first-order valence-electron chi connectivity index (χ1n) is 11.0. The van der Waals surface area contributed by atoms with Gasteiger partial charge >= 0.3 is 5.97 Å². The van der Waals surface area contributed by atoms with Crippen LogP contribution >= 0.6 is 46.4 Å². The summed E-state index contributed by atoms with van der Waals surface area (Å²) in [5.41, 5.74) is 2.31. The highest BCUT2D eigenvalue weighted by atomic mass is 35.5. The standard InChI is InChI=1S/C26H30Cl4O2/c1-2-9-18(16-20-11-4-6-13-22(20)27)19(17-21-12-5-7-14-23(21)28)10-3-8-15-24(29)25(30)26(31)32/h4-8,11-15,18-19,24-25H,2-3,9-10,16-17H2,1H3,(H,31,32)/b15-8+. The van der Waals surface area contributed by atoms with E-state index in [2.05, 4.69) is 19.1 Å². The lowest BCUT2D eigenvalue weighted by atomic mass is 9.78. The van der Waals surface area contributed by atoms with Crippen molar-refractivity contribution in [3.8, 4) is 0 Å². The largest absolute Gasteiger partial charge is 0.480 e. The molecule has 0 spiro atoms. The minimum atomic E-state index is -1.14. The van der Waals surface area contributed by atoms with Crippen molar-refractivity contribution < 1.29 is 9.90 Å². The van der Waals surface area contributed by atoms with Crippen molar-refractivity contribution >= 4 is 52.4 Å². The van der Waals surface area contributed by atoms with E-state index in [-0.39, 0.29) is 0 Å². The van der Waals surface area contributed by atoms with Crippen molar-refractivity contribution in [1.82, 2.24) is 0 Å². The lowest BCUT2D eigenvalue weighted by molar-refractivity contribution is -0.136. The molecule has 2 aromatic rings. The van der Waals surface area contributed by atoms with Gasteiger partial charge in [0, 0.05) is 10.0 Å². The van der Waals surface area contributed by atoms with Gasteiger partial charge in [-0.05, 0) is 60.8 Å². The number of halogens is 4. The Morgan fingerprint density at radius 3 is 1.88 bits per heavy atom. The average molecular weight is 516 g/mol. The van der Waals surface area contributed by atoms with Crippen LogP contribution in [0.15, 0.2) is 60.7 Å². The number of benzene rings is 2. The maximum Gasteiger partial charge on any atom is 0.323 e. The van der Waals surface area contributed by atoms with E-state index in [0.29, 0.717) is 11.8 Å². The van der Waals surface area contributed by atoms with E-state index in [1.165, 1.54) is 5.56 Å². The van der Waals surface area contributed by atoms with Crippen molar-refractivity contribution in [2.75, 3.05) is 0 Å². The molecule has 2 rings (SSSR count). The number of aliphatic carboxylic acids is 1. The van der Waals surface area contributed by atoms with Crippen LogP contribution in [-0.4, -0.2) is 21.8 Å². The molecule has 32 heavy (non-hydrogen) atoms. The Balaban J connectivity index is 2.18. The molecule has 0 saturated heterocycles. The van der Waals surface area contributed by atoms with Gasteiger partial charge in [-0.3, -0.25) is 4.79 Å². The van der Waals surface area contributed by atoms with Crippen molar-refractivity contribution in [3.63, 3.8) is 0 Å². The normalized spacial score (nSPS) is 15.4. The molecule has 0 radical (unpaired) electrons. The molecule has 0 aliphatic carbocycles. The summed E-state index contributed by atoms with van der Waals surface area (Å²) in [6, 6.07) is 16.0. The second-order valence-electron chi connectivity index (χ2n) is 8.09. The van der Waals surface area contributed by atoms with E-state index in [9.17, 15) is 4.79 Å². The molecule has 0 bridgehead atoms. The van der Waals surface area contributed by atoms with E-state index in [1.54, 1.807) is 6.08 Å². The number of hydrogen-bond donors (Lipinski definition) is 1. The number of alkyl halides is 2. The number of rotatable bonds is 13. The molecular formula is C26H30Cl4O2. The number of allylic oxidation sites excluding steroid dienone is 2. The quantitative estimate of drug-likeness (QED) is 0.214. The van der Waals surface area contributed by atoms with Crippen molar-refractivity contribution in [2.45, 2.75) is 56.2 Å². The van der Waals surface area contributed by atoms with E-state index < -0.39 is 16.7 Å². The van der Waals surface area contributed by atoms with Crippen LogP contribution < -0.4 is 0 Å². The zero-order valence-electron chi connectivity index (χ0n) is 18.2. The Hall–Kier alpha value is -1.19. The molecule has 0 heterocycles. The van der Waals surface area contributed by atoms with Gasteiger partial charge in [0.05, 0.1) is 5.38 Å². The summed E-state index contributed by atoms with van der Waals surface area (Å²) in [5, 5.41) is 8.71. The minimum absolute atomic E-state index is 0.385. The fraction of sp³-hybridized carbons (Fsp3) is 0.423. The van der Waals surface area contributed by atoms with E-state index in [0.717, 1.165) is 54.1 Å². The number of carboxylic acids is 1. The zero-order valence-corrected chi connectivity index (χ0v) is 21.2. The first-order chi connectivity index (χ1) is 15.3. The summed E-state index contributed by atoms with van der Waals surface area (Å²) >= 11 is 24.9. The Morgan fingerprint density at radius 1 is 0.906 bits per heavy atom. The van der Waals surface area contributed by atoms with Gasteiger partial charge in [-0.1, -0.05) is 91.5 Å². The molecule has 4 atom stereocenters. The topological polar surface area (TPSA) is 37.3 Å². The molecular weight excluding hydrogens is 486 g/mol. The maximum absolute atomic E-state index is 11.0. The molecule has 0 amide bonds. The average Bonchev–Trinajstić information content (AvgIpc) is 2.77. The van der Waals surface area contributed by atoms with Gasteiger partial charge in [0.25, 0.3) is 0 Å². The highest BCUT2D eigenvalue weighted by Gasteiger charge is 2.24. The molecule has 0 saturated carbocycles. The summed E-state index contributed by atoms with van der Waals surface area (Å²) in [7, 11) is 0. The second-order valence-corrected chi connectivity index (χ2v) is 9.88. The summed E-state index contributed by atoms with van der Waals surface area (Å²) in [6.07, 6.45) is 9.29. The summed E-state index contributed by atoms with van der Waals surface area (Å²) in [6.45, 7) is 2.21. The van der Waals surface area contributed by atoms with Gasteiger partial charge in [-0.25, -0.2) is 0 Å². The first kappa shape index (κ1) is 27.1. The molecule has 0 aromatic heterocycles. The van der Waals surface area contributed by atoms with Gasteiger partial charge < -0.3 is 5.11 Å². The fourth-order valence-corrected chi connectivity index (χ4v) is 4.76. The Morgan fingerprint density at radius 2 is 1.41 bits per heavy atom. The lowest BCUT2D eigenvalue weighted by Gasteiger charge is -2.28. The molecule has 4 unspecified atom stereocenters. The third kappa shape index (κ3) is 8.63. The third-order valence-corrected chi connectivity index (χ3v) is 7.47. The van der Waals surface area contributed by atoms with Crippen molar-refractivity contribution in [1.29, 1.82) is 0 Å². The highest BCUT2D eigenvalue weighted by molar-refractivity contribution is 6.37. The smallest absolute Gasteiger partial charge is 0.323 e. The van der Waals surface area contributed by atoms with Gasteiger partial charge in [0.1, 0.15) is 0 Å². The summed E-state index contributed by atoms with van der Waals surface area (Å²) in [5.74, 6) is -0.289. The molecule has 2 aromatic carbocycles. The van der Waals surface area contributed by atoms with Gasteiger partial charge in [-0.15, -0.1) is 23.2 Å². The van der Waals surface area contributed by atoms with E-state index >= 15 is 0 Å². The first-order valence-corrected chi connectivity index (χ1v) is 12.6. The summed E-state index contributed by atoms with van der Waals surface area (Å²) in [4.78, 5) is 11.0. The predicted octanol–water partition coefficient (Wildman–Crippen LogP) is 8.45. The second kappa shape index (κ2) is 14.2. The van der Waals surface area contributed by atoms with Crippen LogP contribution in [0.4, 0.5) is 0 Å². The van der Waals surface area contributed by atoms with Gasteiger partial charge in [0.15, 0.2) is 5.38 Å². The van der Waals surface area contributed by atoms with Crippen LogP contribution in [0.3, 0.4) is 0 Å². The Bertz CT molecular complexity index is 884. The van der Waals surface area contributed by atoms with E-state index in [4.69, 9.17) is 51.5 Å². The third-order valence-electron chi connectivity index (χ3n) is 5.75. The van der Waals surface area contributed by atoms with Crippen LogP contribution in [-0.2, 0) is 17.6 Å². The molecule has 0 fully saturated rings. The van der Waals surface area contributed by atoms with Crippen LogP contribution in [0.1, 0.15) is 43.7 Å². The lowest BCUT2D eigenvalue weighted by Crippen LogP contribution is -2.23. The van der Waals surface area contributed by atoms with Crippen LogP contribution in [0.25, 0.3) is 0 Å². The molecule has 1 N–H and O–H groups in total. The van der Waals surface area contributed by atoms with Crippen molar-refractivity contribution in [2.24, 2.45) is 11.8 Å². The predicted molar refractivity (Wildman–Crippen MR) is 137 cm³/mol. The Kier molecular flexibility index (Phi) is 12.0. The van der Waals surface area contributed by atoms with Crippen molar-refractivity contribution in [3.05, 3.63) is 81.9 Å². The molecule has 0 aliphatic heterocycles. The Labute approximate surface area is 211 Å². The van der Waals surface area contributed by atoms with Crippen LogP contribution in [0.2, 0.25) is 10.0 Å². The fourth-order valence-electron chi connectivity index (χ4n) is 4.04. The number of carbonyl (C=O) groups is 1. The monoisotopic (exact) mass is 514 g/mol. The van der Waals surface area contributed by atoms with E-state index in [1.807, 2.05) is 42.5 Å². The highest BCUT2D eigenvalue weighted by Crippen LogP contribution is 2.33. The molecule has 6 heteroatoms. The number of hydrogen-bond acceptors (Lipinski definition) is 1. The van der Waals surface area contributed by atoms with Crippen LogP contribution in [0, 0.1) is 11.8 Å². The molecule has 2 nitrogen and oxygen atoms in total. The van der Waals surface area contributed by atoms with Gasteiger partial charge in [-0.2, -0.15) is 0 Å². The van der Waals surface area contributed by atoms with Gasteiger partial charge in [0.2, 0.25) is 0 Å². The summed E-state index contributed by atoms with van der Waals surface area (Å²) < 4.78 is 0. The minimum Gasteiger partial charge on any atom is -0.480 e.